The number of hydrogen-bond acceptors (Lipinski definition) is 6. The first-order valence-corrected chi connectivity index (χ1v) is 9.81. The first kappa shape index (κ1) is 19.1. The number of aromatic nitrogens is 3. The molecule has 3 aromatic rings. The highest BCUT2D eigenvalue weighted by atomic mass is 16.1. The molecule has 0 unspecified atom stereocenters. The highest BCUT2D eigenvalue weighted by Crippen LogP contribution is 2.21. The van der Waals surface area contributed by atoms with Crippen molar-refractivity contribution in [3.8, 4) is 0 Å². The molecule has 1 saturated heterocycles. The molecule has 0 spiro atoms. The molecule has 0 bridgehead atoms. The summed E-state index contributed by atoms with van der Waals surface area (Å²) in [6, 6.07) is 11.6. The lowest BCUT2D eigenvalue weighted by atomic mass is 10.2. The Bertz CT molecular complexity index is 1080. The molecule has 1 aliphatic rings. The Morgan fingerprint density at radius 3 is 2.52 bits per heavy atom. The molecule has 3 heterocycles. The number of anilines is 3. The maximum atomic E-state index is 12.3. The van der Waals surface area contributed by atoms with Crippen molar-refractivity contribution in [3.05, 3.63) is 65.1 Å². The number of nitrogens with zero attached hydrogens (tertiary/aromatic N) is 5. The molecule has 1 aromatic carbocycles. The topological polar surface area (TPSA) is 66.3 Å². The van der Waals surface area contributed by atoms with Crippen molar-refractivity contribution in [1.82, 2.24) is 19.4 Å². The molecule has 7 heteroatoms. The second-order valence-electron chi connectivity index (χ2n) is 7.65. The molecule has 0 atom stereocenters. The number of hydrogen-bond donors (Lipinski definition) is 1. The van der Waals surface area contributed by atoms with Gasteiger partial charge in [0.05, 0.1) is 0 Å². The van der Waals surface area contributed by atoms with Gasteiger partial charge >= 0.3 is 0 Å². The lowest BCUT2D eigenvalue weighted by molar-refractivity contribution is 0.313. The van der Waals surface area contributed by atoms with Crippen molar-refractivity contribution < 1.29 is 0 Å². The van der Waals surface area contributed by atoms with Crippen LogP contribution in [0.1, 0.15) is 6.92 Å². The molecule has 0 aliphatic carbocycles. The third-order valence-corrected chi connectivity index (χ3v) is 5.14. The van der Waals surface area contributed by atoms with Gasteiger partial charge in [0.15, 0.2) is 0 Å². The van der Waals surface area contributed by atoms with Gasteiger partial charge in [0.2, 0.25) is 5.95 Å². The molecule has 0 amide bonds. The Kier molecular flexibility index (Phi) is 5.31. The van der Waals surface area contributed by atoms with E-state index in [1.165, 1.54) is 5.69 Å². The van der Waals surface area contributed by atoms with E-state index in [1.807, 2.05) is 19.1 Å². The van der Waals surface area contributed by atoms with Crippen molar-refractivity contribution in [2.24, 2.45) is 0 Å². The molecule has 1 N–H and O–H groups in total. The lowest BCUT2D eigenvalue weighted by Crippen LogP contribution is -2.44. The first-order valence-electron chi connectivity index (χ1n) is 9.81. The van der Waals surface area contributed by atoms with Crippen LogP contribution in [0.25, 0.3) is 11.0 Å². The Hall–Kier alpha value is -3.19. The summed E-state index contributed by atoms with van der Waals surface area (Å²) in [5.41, 5.74) is 3.53. The summed E-state index contributed by atoms with van der Waals surface area (Å²) in [5.74, 6) is 0.464. The zero-order valence-electron chi connectivity index (χ0n) is 16.9. The Labute approximate surface area is 170 Å². The summed E-state index contributed by atoms with van der Waals surface area (Å²) in [7, 11) is 2.16. The third-order valence-electron chi connectivity index (χ3n) is 5.14. The fourth-order valence-electron chi connectivity index (χ4n) is 3.50. The van der Waals surface area contributed by atoms with Gasteiger partial charge in [-0.05, 0) is 44.3 Å². The van der Waals surface area contributed by atoms with E-state index >= 15 is 0 Å². The molecule has 0 radical (unpaired) electrons. The minimum absolute atomic E-state index is 0.0957. The van der Waals surface area contributed by atoms with Crippen LogP contribution in [0, 0.1) is 0 Å². The maximum absolute atomic E-state index is 12.3. The van der Waals surface area contributed by atoms with Crippen LogP contribution in [0.5, 0.6) is 0 Å². The summed E-state index contributed by atoms with van der Waals surface area (Å²) in [5, 5.41) is 4.07. The second kappa shape index (κ2) is 8.05. The fraction of sp³-hybridized carbons (Fsp3) is 0.318. The normalized spacial score (nSPS) is 14.9. The average molecular weight is 390 g/mol. The SMILES string of the molecule is C=C(C)Cn1c(=O)ccc2cnc(Nc3ccc(N4CCN(C)CC4)cc3)nc21. The van der Waals surface area contributed by atoms with Crippen molar-refractivity contribution in [1.29, 1.82) is 0 Å². The van der Waals surface area contributed by atoms with Crippen LogP contribution in [0.15, 0.2) is 59.5 Å². The number of piperazine rings is 1. The average Bonchev–Trinajstić information content (AvgIpc) is 2.71. The monoisotopic (exact) mass is 390 g/mol. The number of pyridine rings is 1. The molecule has 7 nitrogen and oxygen atoms in total. The number of allylic oxidation sites excluding steroid dienone is 1. The molecule has 150 valence electrons. The Balaban J connectivity index is 1.56. The summed E-state index contributed by atoms with van der Waals surface area (Å²) < 4.78 is 1.63. The van der Waals surface area contributed by atoms with Crippen molar-refractivity contribution in [2.75, 3.05) is 43.4 Å². The van der Waals surface area contributed by atoms with E-state index in [9.17, 15) is 4.79 Å². The van der Waals surface area contributed by atoms with Gasteiger partial charge in [-0.25, -0.2) is 4.98 Å². The minimum atomic E-state index is -0.0957. The van der Waals surface area contributed by atoms with Crippen LogP contribution < -0.4 is 15.8 Å². The lowest BCUT2D eigenvalue weighted by Gasteiger charge is -2.34. The molecule has 29 heavy (non-hydrogen) atoms. The van der Waals surface area contributed by atoms with Gasteiger partial charge in [-0.1, -0.05) is 12.2 Å². The zero-order chi connectivity index (χ0) is 20.4. The molecule has 1 aliphatic heterocycles. The van der Waals surface area contributed by atoms with Crippen molar-refractivity contribution in [3.63, 3.8) is 0 Å². The molecule has 1 fully saturated rings. The van der Waals surface area contributed by atoms with E-state index in [1.54, 1.807) is 22.9 Å². The third kappa shape index (κ3) is 4.30. The van der Waals surface area contributed by atoms with E-state index in [4.69, 9.17) is 0 Å². The van der Waals surface area contributed by atoms with E-state index in [0.29, 0.717) is 18.1 Å². The predicted molar refractivity (Wildman–Crippen MR) is 118 cm³/mol. The smallest absolute Gasteiger partial charge is 0.252 e. The summed E-state index contributed by atoms with van der Waals surface area (Å²) >= 11 is 0. The van der Waals surface area contributed by atoms with Gasteiger partial charge in [0, 0.05) is 61.7 Å². The van der Waals surface area contributed by atoms with E-state index in [2.05, 4.69) is 50.8 Å². The van der Waals surface area contributed by atoms with Gasteiger partial charge in [0.25, 0.3) is 5.56 Å². The van der Waals surface area contributed by atoms with Gasteiger partial charge in [-0.2, -0.15) is 4.98 Å². The van der Waals surface area contributed by atoms with Crippen LogP contribution in [0.2, 0.25) is 0 Å². The molecule has 0 saturated carbocycles. The highest BCUT2D eigenvalue weighted by molar-refractivity contribution is 5.75. The molecule has 2 aromatic heterocycles. The van der Waals surface area contributed by atoms with Gasteiger partial charge < -0.3 is 15.1 Å². The minimum Gasteiger partial charge on any atom is -0.369 e. The summed E-state index contributed by atoms with van der Waals surface area (Å²) in [4.78, 5) is 26.0. The van der Waals surface area contributed by atoms with E-state index in [-0.39, 0.29) is 5.56 Å². The van der Waals surface area contributed by atoms with Crippen LogP contribution >= 0.6 is 0 Å². The molecule has 4 rings (SSSR count). The molecular weight excluding hydrogens is 364 g/mol. The number of likely N-dealkylation sites (N-methyl/N-ethyl adjacent to an activating group) is 1. The Morgan fingerprint density at radius 2 is 1.83 bits per heavy atom. The fourth-order valence-corrected chi connectivity index (χ4v) is 3.50. The largest absolute Gasteiger partial charge is 0.369 e. The first-order chi connectivity index (χ1) is 14.0. The number of fused-ring (bicyclic) bond motifs is 1. The van der Waals surface area contributed by atoms with Crippen LogP contribution in [0.4, 0.5) is 17.3 Å². The van der Waals surface area contributed by atoms with Crippen molar-refractivity contribution in [2.45, 2.75) is 13.5 Å². The van der Waals surface area contributed by atoms with Crippen molar-refractivity contribution >= 4 is 28.4 Å². The summed E-state index contributed by atoms with van der Waals surface area (Å²) in [6.07, 6.45) is 1.73. The van der Waals surface area contributed by atoms with Gasteiger partial charge in [-0.3, -0.25) is 9.36 Å². The van der Waals surface area contributed by atoms with Gasteiger partial charge in [-0.15, -0.1) is 0 Å². The van der Waals surface area contributed by atoms with Crippen LogP contribution in [-0.4, -0.2) is 52.7 Å². The summed E-state index contributed by atoms with van der Waals surface area (Å²) in [6.45, 7) is 10.5. The number of rotatable bonds is 5. The van der Waals surface area contributed by atoms with Crippen LogP contribution in [0.3, 0.4) is 0 Å². The van der Waals surface area contributed by atoms with Gasteiger partial charge in [0.1, 0.15) is 5.65 Å². The second-order valence-corrected chi connectivity index (χ2v) is 7.65. The van der Waals surface area contributed by atoms with Crippen LogP contribution in [-0.2, 0) is 6.54 Å². The number of nitrogens with one attached hydrogen (secondary N) is 1. The maximum Gasteiger partial charge on any atom is 0.252 e. The Morgan fingerprint density at radius 1 is 1.10 bits per heavy atom. The highest BCUT2D eigenvalue weighted by Gasteiger charge is 2.14. The quantitative estimate of drug-likeness (QED) is 0.676. The zero-order valence-corrected chi connectivity index (χ0v) is 16.9. The predicted octanol–water partition coefficient (Wildman–Crippen LogP) is 2.86. The van der Waals surface area contributed by atoms with E-state index in [0.717, 1.165) is 42.8 Å². The molecular formula is C22H26N6O. The number of benzene rings is 1. The van der Waals surface area contributed by atoms with E-state index < -0.39 is 0 Å². The standard InChI is InChI=1S/C22H26N6O/c1-16(2)15-28-20(29)9-4-17-14-23-22(25-21(17)28)24-18-5-7-19(8-6-18)27-12-10-26(3)11-13-27/h4-9,14H,1,10-13,15H2,2-3H3,(H,23,24,25).